The molecule has 6 heterocycles. The number of sulfone groups is 1. The molecule has 5 N–H and O–H groups in total. The number of piperazine rings is 1. The predicted molar refractivity (Wildman–Crippen MR) is 450 cm³/mol. The summed E-state index contributed by atoms with van der Waals surface area (Å²) < 4.78 is 105. The van der Waals surface area contributed by atoms with Crippen LogP contribution in [0.2, 0.25) is 5.02 Å². The number of thiazole rings is 1. The molecule has 0 radical (unpaired) electrons. The van der Waals surface area contributed by atoms with Crippen LogP contribution >= 0.6 is 34.7 Å². The van der Waals surface area contributed by atoms with Crippen LogP contribution in [-0.4, -0.2) is 221 Å². The van der Waals surface area contributed by atoms with E-state index in [4.69, 9.17) is 16.3 Å². The summed E-state index contributed by atoms with van der Waals surface area (Å²) in [6, 6.07) is 31.5. The molecule has 5 amide bonds. The summed E-state index contributed by atoms with van der Waals surface area (Å²) in [5.74, 6) is -0.552. The summed E-state index contributed by atoms with van der Waals surface area (Å²) in [5.41, 5.74) is 2.61. The molecule has 1 aliphatic carbocycles. The average Bonchev–Trinajstić information content (AvgIpc) is 0.968. The van der Waals surface area contributed by atoms with E-state index in [1.165, 1.54) is 45.5 Å². The number of allylic oxidation sites excluding steroid dienone is 1. The number of benzene rings is 5. The number of aliphatic hydroxyl groups is 1. The summed E-state index contributed by atoms with van der Waals surface area (Å²) >= 11 is 9.44. The first kappa shape index (κ1) is 87.9. The van der Waals surface area contributed by atoms with Crippen molar-refractivity contribution < 1.29 is 63.8 Å². The van der Waals surface area contributed by atoms with Crippen LogP contribution < -0.4 is 25.6 Å². The second kappa shape index (κ2) is 38.7. The molecule has 30 heteroatoms. The fraction of sp³-hybridized carbons (Fsp3) is 0.535. The first-order valence-corrected chi connectivity index (χ1v) is 45.9. The van der Waals surface area contributed by atoms with E-state index >= 15 is 0 Å². The molecule has 1 unspecified atom stereocenters. The Kier molecular flexibility index (Phi) is 29.3. The van der Waals surface area contributed by atoms with Crippen molar-refractivity contribution in [3.63, 3.8) is 0 Å². The zero-order valence-corrected chi connectivity index (χ0v) is 71.2. The molecular weight excluding hydrogens is 1580 g/mol. The molecule has 5 fully saturated rings. The van der Waals surface area contributed by atoms with Gasteiger partial charge in [0.25, 0.3) is 25.8 Å². The normalized spacial score (nSPS) is 21.0. The van der Waals surface area contributed by atoms with E-state index in [1.54, 1.807) is 23.5 Å². The molecular formula is C86H111ClF3N11O11S4. The Hall–Kier alpha value is -7.45. The number of nitrogens with one attached hydrogen (secondary N) is 4. The van der Waals surface area contributed by atoms with Crippen molar-refractivity contribution in [2.24, 2.45) is 22.7 Å². The number of thioether (sulfide) groups is 1. The number of amides is 5. The fourth-order valence-electron chi connectivity index (χ4n) is 17.2. The summed E-state index contributed by atoms with van der Waals surface area (Å²) in [6.07, 6.45) is 8.22. The van der Waals surface area contributed by atoms with E-state index in [0.29, 0.717) is 100 Å². The van der Waals surface area contributed by atoms with Crippen molar-refractivity contribution in [1.82, 2.24) is 44.8 Å². The fourth-order valence-corrected chi connectivity index (χ4v) is 21.2. The standard InChI is InChI=1S/C86H111ClF3N11O11S4/c1-58(60-16-18-64(19-17-60)79-59(2)91-57-114-79)92-82(106)75-50-70(102)54-101(75)83(107)80(84(3,4)5)94-77(103)14-10-11-15-78(104)100-40-33-62(34-41-100)61-31-37-98(38-32-61)56-85(6)36-30-73(63-20-24-67(87)25-21-63)66(52-85)53-97-42-44-99(45-43-97)69-26-22-65(23-27-69)81(105)95-116(110,111)72-28-29-74(76(51-72)115(108,109)86(88,89)90)93-68(35-39-96-46-48-112-49-47-96)55-113-71-12-8-7-9-13-71/h7-9,12-13,16-29,51,57-58,61-62,68,70,75,80,93,102H,10-11,14-15,30-50,52-56H2,1-6H3,(H,92,106)(H,94,103)(H,95,105)/t58-,68+,70+,75-,80+,85?/m0/s1. The quantitative estimate of drug-likeness (QED) is 0.0207. The molecule has 0 spiro atoms. The Balaban J connectivity index is 0.578. The van der Waals surface area contributed by atoms with Crippen molar-refractivity contribution >= 4 is 101 Å². The third-order valence-corrected chi connectivity index (χ3v) is 29.2. The van der Waals surface area contributed by atoms with Crippen molar-refractivity contribution in [1.29, 1.82) is 0 Å². The number of hydrogen-bond acceptors (Lipinski definition) is 19. The molecule has 0 saturated carbocycles. The maximum atomic E-state index is 14.4. The van der Waals surface area contributed by atoms with Gasteiger partial charge in [-0.2, -0.15) is 13.2 Å². The first-order valence-electron chi connectivity index (χ1n) is 40.7. The molecule has 5 aliphatic heterocycles. The third kappa shape index (κ3) is 22.7. The number of rotatable bonds is 30. The van der Waals surface area contributed by atoms with Crippen LogP contribution in [0.4, 0.5) is 24.5 Å². The predicted octanol–water partition coefficient (Wildman–Crippen LogP) is 13.1. The van der Waals surface area contributed by atoms with Gasteiger partial charge in [-0.05, 0) is 203 Å². The lowest BCUT2D eigenvalue weighted by molar-refractivity contribution is -0.144. The van der Waals surface area contributed by atoms with E-state index in [2.05, 4.69) is 59.6 Å². The number of aromatic nitrogens is 1. The van der Waals surface area contributed by atoms with E-state index in [9.17, 15) is 59.1 Å². The number of ether oxygens (including phenoxy) is 1. The van der Waals surface area contributed by atoms with E-state index in [0.717, 1.165) is 142 Å². The molecule has 0 bridgehead atoms. The van der Waals surface area contributed by atoms with Gasteiger partial charge in [-0.15, -0.1) is 23.1 Å². The van der Waals surface area contributed by atoms with E-state index in [1.807, 2.05) is 116 Å². The minimum atomic E-state index is -6.11. The number of anilines is 2. The van der Waals surface area contributed by atoms with E-state index < -0.39 is 82.3 Å². The molecule has 6 aliphatic rings. The third-order valence-electron chi connectivity index (χ3n) is 24.0. The average molecular weight is 1700 g/mol. The number of likely N-dealkylation sites (tertiary alicyclic amines) is 3. The van der Waals surface area contributed by atoms with Gasteiger partial charge in [0.05, 0.1) is 52.0 Å². The van der Waals surface area contributed by atoms with Gasteiger partial charge in [0, 0.05) is 131 Å². The van der Waals surface area contributed by atoms with Gasteiger partial charge in [0.1, 0.15) is 17.0 Å². The number of halogens is 4. The topological polar surface area (TPSA) is 264 Å². The molecule has 5 saturated heterocycles. The molecule has 5 aromatic carbocycles. The lowest BCUT2D eigenvalue weighted by Gasteiger charge is -2.45. The van der Waals surface area contributed by atoms with Crippen LogP contribution in [0.1, 0.15) is 151 Å². The van der Waals surface area contributed by atoms with Crippen molar-refractivity contribution in [2.75, 3.05) is 121 Å². The van der Waals surface area contributed by atoms with Crippen molar-refractivity contribution in [3.05, 3.63) is 160 Å². The Labute approximate surface area is 694 Å². The van der Waals surface area contributed by atoms with Gasteiger partial charge in [-0.25, -0.2) is 26.5 Å². The zero-order chi connectivity index (χ0) is 82.7. The van der Waals surface area contributed by atoms with Gasteiger partial charge >= 0.3 is 5.51 Å². The number of unbranched alkanes of at least 4 members (excludes halogenated alkanes) is 1. The number of aryl methyl sites for hydroxylation is 1. The molecule has 22 nitrogen and oxygen atoms in total. The van der Waals surface area contributed by atoms with Crippen LogP contribution in [0.15, 0.2) is 147 Å². The SMILES string of the molecule is Cc1ncsc1-c1ccc([C@H](C)NC(=O)[C@@H]2C[C@@H](O)CN2C(=O)[C@@H](NC(=O)CCCCC(=O)N2CCC(C3CCN(CC4(C)CCC(c5ccc(Cl)cc5)=C(CN5CCN(c6ccc(C(=O)NS(=O)(=O)c7ccc(N[C@H](CCN8CCOCC8)CSc8ccccc8)c(S(=O)(=O)C(F)(F)F)c7)cc6)CC5)C4)CC3)CC2)C(C)(C)C)cc1. The highest BCUT2D eigenvalue weighted by molar-refractivity contribution is 7.99. The number of piperidine rings is 2. The number of carbonyl (C=O) groups excluding carboxylic acids is 5. The number of carbonyl (C=O) groups is 5. The molecule has 116 heavy (non-hydrogen) atoms. The van der Waals surface area contributed by atoms with Gasteiger partial charge in [-0.1, -0.05) is 99.5 Å². The lowest BCUT2D eigenvalue weighted by Crippen LogP contribution is -2.57. The number of aliphatic hydroxyl groups excluding tert-OH is 1. The smallest absolute Gasteiger partial charge is 0.391 e. The highest BCUT2D eigenvalue weighted by Crippen LogP contribution is 2.46. The largest absolute Gasteiger partial charge is 0.501 e. The second-order valence-corrected chi connectivity index (χ2v) is 39.5. The number of alkyl halides is 3. The first-order chi connectivity index (χ1) is 55.3. The van der Waals surface area contributed by atoms with Crippen LogP contribution in [-0.2, 0) is 43.8 Å². The Morgan fingerprint density at radius 1 is 0.767 bits per heavy atom. The second-order valence-electron chi connectivity index (χ2n) is 33.6. The minimum Gasteiger partial charge on any atom is -0.391 e. The summed E-state index contributed by atoms with van der Waals surface area (Å²) in [7, 11) is -11.0. The van der Waals surface area contributed by atoms with Crippen LogP contribution in [0.3, 0.4) is 0 Å². The number of sulfonamides is 1. The van der Waals surface area contributed by atoms with E-state index in [-0.39, 0.29) is 54.1 Å². The van der Waals surface area contributed by atoms with Crippen molar-refractivity contribution in [2.45, 2.75) is 175 Å². The molecule has 6 atom stereocenters. The zero-order valence-electron chi connectivity index (χ0n) is 67.2. The van der Waals surface area contributed by atoms with Gasteiger partial charge in [-0.3, -0.25) is 33.8 Å². The van der Waals surface area contributed by atoms with Gasteiger partial charge in [0.15, 0.2) is 0 Å². The highest BCUT2D eigenvalue weighted by atomic mass is 35.5. The molecule has 1 aromatic heterocycles. The van der Waals surface area contributed by atoms with Gasteiger partial charge in [0.2, 0.25) is 23.6 Å². The number of hydrogen-bond donors (Lipinski definition) is 5. The minimum absolute atomic E-state index is 0.0247. The molecule has 628 valence electrons. The Morgan fingerprint density at radius 2 is 1.42 bits per heavy atom. The van der Waals surface area contributed by atoms with Crippen LogP contribution in [0.25, 0.3) is 16.0 Å². The monoisotopic (exact) mass is 1690 g/mol. The van der Waals surface area contributed by atoms with Crippen molar-refractivity contribution in [3.8, 4) is 10.4 Å². The summed E-state index contributed by atoms with van der Waals surface area (Å²) in [5, 5.41) is 20.5. The number of morpholine rings is 1. The van der Waals surface area contributed by atoms with Crippen LogP contribution in [0, 0.1) is 29.6 Å². The maximum absolute atomic E-state index is 14.4. The highest BCUT2D eigenvalue weighted by Gasteiger charge is 2.49. The molecule has 12 rings (SSSR count). The molecule has 6 aromatic rings. The number of nitrogens with zero attached hydrogens (tertiary/aromatic N) is 7. The lowest BCUT2D eigenvalue weighted by atomic mass is 9.70. The Bertz CT molecular complexity index is 4640. The summed E-state index contributed by atoms with van der Waals surface area (Å²) in [6.45, 7) is 23.0. The Morgan fingerprint density at radius 3 is 2.07 bits per heavy atom. The maximum Gasteiger partial charge on any atom is 0.501 e. The summed E-state index contributed by atoms with van der Waals surface area (Å²) in [4.78, 5) is 86.2. The number of β-amino-alcohol motifs (C(OH)–C–C–N with tert-alkyl or cyclic N) is 1. The van der Waals surface area contributed by atoms with Gasteiger partial charge < -0.3 is 45.4 Å². The van der Waals surface area contributed by atoms with Crippen LogP contribution in [0.5, 0.6) is 0 Å².